The van der Waals surface area contributed by atoms with Gasteiger partial charge in [0.25, 0.3) is 11.4 Å². The molecule has 0 unspecified atom stereocenters. The molecule has 2 heterocycles. The van der Waals surface area contributed by atoms with Crippen LogP contribution in [-0.4, -0.2) is 25.7 Å². The molecule has 0 saturated heterocycles. The third-order valence-electron chi connectivity index (χ3n) is 3.97. The lowest BCUT2D eigenvalue weighted by molar-refractivity contribution is -0.146. The summed E-state index contributed by atoms with van der Waals surface area (Å²) >= 11 is 6.10. The molecule has 0 radical (unpaired) electrons. The van der Waals surface area contributed by atoms with Gasteiger partial charge in [-0.2, -0.15) is 0 Å². The SMILES string of the molecule is O=C(Cn1c(=O)cnc2ccccc21)OCc1nnc(-c2ccccc2Cl)o1. The molecule has 0 saturated carbocycles. The number of fused-ring (bicyclic) bond motifs is 1. The van der Waals surface area contributed by atoms with Gasteiger partial charge in [0, 0.05) is 0 Å². The van der Waals surface area contributed by atoms with E-state index in [2.05, 4.69) is 15.2 Å². The highest BCUT2D eigenvalue weighted by molar-refractivity contribution is 6.33. The van der Waals surface area contributed by atoms with Crippen molar-refractivity contribution in [2.75, 3.05) is 0 Å². The van der Waals surface area contributed by atoms with Crippen molar-refractivity contribution in [1.29, 1.82) is 0 Å². The highest BCUT2D eigenvalue weighted by Crippen LogP contribution is 2.26. The summed E-state index contributed by atoms with van der Waals surface area (Å²) in [6, 6.07) is 14.1. The Morgan fingerprint density at radius 2 is 1.89 bits per heavy atom. The Balaban J connectivity index is 1.46. The molecule has 2 aromatic heterocycles. The van der Waals surface area contributed by atoms with Crippen LogP contribution >= 0.6 is 11.6 Å². The molecule has 0 N–H and O–H groups in total. The third kappa shape index (κ3) is 3.63. The number of halogens is 1. The first-order chi connectivity index (χ1) is 13.6. The maximum absolute atomic E-state index is 12.2. The van der Waals surface area contributed by atoms with Crippen LogP contribution < -0.4 is 5.56 Å². The van der Waals surface area contributed by atoms with Gasteiger partial charge in [0.2, 0.25) is 5.89 Å². The van der Waals surface area contributed by atoms with Crippen molar-refractivity contribution in [3.8, 4) is 11.5 Å². The summed E-state index contributed by atoms with van der Waals surface area (Å²) in [6.07, 6.45) is 1.17. The van der Waals surface area contributed by atoms with Crippen molar-refractivity contribution < 1.29 is 13.9 Å². The molecule has 0 aliphatic carbocycles. The lowest BCUT2D eigenvalue weighted by Crippen LogP contribution is -2.25. The standard InChI is InChI=1S/C19H13ClN4O4/c20-13-6-2-1-5-12(13)19-23-22-16(28-19)11-27-18(26)10-24-15-8-4-3-7-14(15)21-9-17(24)25/h1-9H,10-11H2. The second-order valence-electron chi connectivity index (χ2n) is 5.81. The zero-order valence-electron chi connectivity index (χ0n) is 14.4. The van der Waals surface area contributed by atoms with E-state index in [0.29, 0.717) is 21.6 Å². The largest absolute Gasteiger partial charge is 0.454 e. The van der Waals surface area contributed by atoms with Gasteiger partial charge >= 0.3 is 5.97 Å². The van der Waals surface area contributed by atoms with Crippen LogP contribution in [0.25, 0.3) is 22.5 Å². The van der Waals surface area contributed by atoms with Crippen LogP contribution in [0.15, 0.2) is 63.9 Å². The zero-order valence-corrected chi connectivity index (χ0v) is 15.2. The number of nitrogens with zero attached hydrogens (tertiary/aromatic N) is 4. The number of hydrogen-bond donors (Lipinski definition) is 0. The maximum Gasteiger partial charge on any atom is 0.326 e. The second kappa shape index (κ2) is 7.61. The van der Waals surface area contributed by atoms with Gasteiger partial charge in [-0.25, -0.2) is 4.98 Å². The summed E-state index contributed by atoms with van der Waals surface area (Å²) < 4.78 is 11.9. The van der Waals surface area contributed by atoms with Crippen molar-refractivity contribution in [2.45, 2.75) is 13.2 Å². The minimum Gasteiger partial charge on any atom is -0.454 e. The van der Waals surface area contributed by atoms with Gasteiger partial charge in [0.15, 0.2) is 6.61 Å². The molecule has 2 aromatic carbocycles. The molecule has 140 valence electrons. The molecule has 0 aliphatic heterocycles. The van der Waals surface area contributed by atoms with E-state index in [1.807, 2.05) is 0 Å². The van der Waals surface area contributed by atoms with E-state index < -0.39 is 11.5 Å². The lowest BCUT2D eigenvalue weighted by Gasteiger charge is -2.08. The van der Waals surface area contributed by atoms with Gasteiger partial charge < -0.3 is 9.15 Å². The molecule has 4 aromatic rings. The van der Waals surface area contributed by atoms with Crippen LogP contribution in [0, 0.1) is 0 Å². The first-order valence-electron chi connectivity index (χ1n) is 8.29. The molecule has 0 spiro atoms. The number of ether oxygens (including phenoxy) is 1. The fourth-order valence-corrected chi connectivity index (χ4v) is 2.87. The number of rotatable bonds is 5. The zero-order chi connectivity index (χ0) is 19.5. The Morgan fingerprint density at radius 3 is 2.75 bits per heavy atom. The Labute approximate surface area is 163 Å². The average Bonchev–Trinajstić information content (AvgIpc) is 3.18. The summed E-state index contributed by atoms with van der Waals surface area (Å²) in [5.74, 6) is -0.265. The van der Waals surface area contributed by atoms with E-state index in [4.69, 9.17) is 20.8 Å². The van der Waals surface area contributed by atoms with Crippen LogP contribution in [0.3, 0.4) is 0 Å². The average molecular weight is 397 g/mol. The van der Waals surface area contributed by atoms with Crippen molar-refractivity contribution in [3.63, 3.8) is 0 Å². The minimum absolute atomic E-state index is 0.121. The Morgan fingerprint density at radius 1 is 1.11 bits per heavy atom. The molecule has 9 heteroatoms. The first kappa shape index (κ1) is 17.9. The molecule has 0 amide bonds. The second-order valence-corrected chi connectivity index (χ2v) is 6.22. The van der Waals surface area contributed by atoms with E-state index in [1.165, 1.54) is 10.8 Å². The summed E-state index contributed by atoms with van der Waals surface area (Å²) in [6.45, 7) is -0.471. The van der Waals surface area contributed by atoms with E-state index >= 15 is 0 Å². The normalized spacial score (nSPS) is 10.9. The summed E-state index contributed by atoms with van der Waals surface area (Å²) in [4.78, 5) is 28.3. The maximum atomic E-state index is 12.2. The number of carbonyl (C=O) groups is 1. The molecule has 0 bridgehead atoms. The summed E-state index contributed by atoms with van der Waals surface area (Å²) in [7, 11) is 0. The van der Waals surface area contributed by atoms with Gasteiger partial charge in [-0.3, -0.25) is 14.2 Å². The molecule has 4 rings (SSSR count). The predicted molar refractivity (Wildman–Crippen MR) is 101 cm³/mol. The van der Waals surface area contributed by atoms with E-state index in [0.717, 1.165) is 0 Å². The lowest BCUT2D eigenvalue weighted by atomic mass is 10.2. The van der Waals surface area contributed by atoms with Crippen molar-refractivity contribution in [1.82, 2.24) is 19.7 Å². The monoisotopic (exact) mass is 396 g/mol. The van der Waals surface area contributed by atoms with Crippen molar-refractivity contribution >= 4 is 28.6 Å². The van der Waals surface area contributed by atoms with Crippen molar-refractivity contribution in [2.24, 2.45) is 0 Å². The van der Waals surface area contributed by atoms with Crippen LogP contribution in [0.4, 0.5) is 0 Å². The number of benzene rings is 2. The highest BCUT2D eigenvalue weighted by Gasteiger charge is 2.14. The van der Waals surface area contributed by atoms with E-state index in [-0.39, 0.29) is 24.9 Å². The fourth-order valence-electron chi connectivity index (χ4n) is 2.65. The van der Waals surface area contributed by atoms with Crippen LogP contribution in [-0.2, 0) is 22.7 Å². The molecule has 0 aliphatic rings. The molecule has 0 fully saturated rings. The Kier molecular flexibility index (Phi) is 4.86. The Hall–Kier alpha value is -3.52. The quantitative estimate of drug-likeness (QED) is 0.478. The van der Waals surface area contributed by atoms with Crippen LogP contribution in [0.1, 0.15) is 5.89 Å². The number of para-hydroxylation sites is 2. The van der Waals surface area contributed by atoms with Crippen LogP contribution in [0.2, 0.25) is 5.02 Å². The molecule has 8 nitrogen and oxygen atoms in total. The van der Waals surface area contributed by atoms with E-state index in [1.54, 1.807) is 48.5 Å². The van der Waals surface area contributed by atoms with Crippen molar-refractivity contribution in [3.05, 3.63) is 76.0 Å². The third-order valence-corrected chi connectivity index (χ3v) is 4.30. The van der Waals surface area contributed by atoms with Gasteiger partial charge in [0.05, 0.1) is 27.8 Å². The molecular weight excluding hydrogens is 384 g/mol. The van der Waals surface area contributed by atoms with Gasteiger partial charge in [-0.05, 0) is 24.3 Å². The van der Waals surface area contributed by atoms with Crippen LogP contribution in [0.5, 0.6) is 0 Å². The summed E-state index contributed by atoms with van der Waals surface area (Å²) in [5, 5.41) is 8.23. The molecule has 0 atom stereocenters. The number of hydrogen-bond acceptors (Lipinski definition) is 7. The smallest absolute Gasteiger partial charge is 0.326 e. The highest BCUT2D eigenvalue weighted by atomic mass is 35.5. The molecular formula is C19H13ClN4O4. The van der Waals surface area contributed by atoms with E-state index in [9.17, 15) is 9.59 Å². The number of carbonyl (C=O) groups excluding carboxylic acids is 1. The first-order valence-corrected chi connectivity index (χ1v) is 8.67. The fraction of sp³-hybridized carbons (Fsp3) is 0.105. The number of aromatic nitrogens is 4. The van der Waals surface area contributed by atoms with Gasteiger partial charge in [-0.1, -0.05) is 35.9 Å². The Bertz CT molecular complexity index is 1220. The van der Waals surface area contributed by atoms with Gasteiger partial charge in [0.1, 0.15) is 6.54 Å². The predicted octanol–water partition coefficient (Wildman–Crippen LogP) is 2.84. The molecule has 28 heavy (non-hydrogen) atoms. The topological polar surface area (TPSA) is 100 Å². The van der Waals surface area contributed by atoms with Gasteiger partial charge in [-0.15, -0.1) is 10.2 Å². The minimum atomic E-state index is -0.615. The summed E-state index contributed by atoms with van der Waals surface area (Å²) in [5.41, 5.74) is 1.35. The number of esters is 1.